The van der Waals surface area contributed by atoms with E-state index in [1.54, 1.807) is 0 Å². The number of rotatable bonds is 9. The third-order valence-corrected chi connectivity index (χ3v) is 7.21. The summed E-state index contributed by atoms with van der Waals surface area (Å²) < 4.78 is 0. The number of amidine groups is 1. The second-order valence-corrected chi connectivity index (χ2v) is 9.28. The standard InChI is InChI=1S/C23H37N5S/c1-8-12-27(13-9-2)23-25-17(7)21(29-23)20-16(6)24-22-19(18(10-3)11-4)14-15(5)26-28(20)22/h14,16,18,20H,8-13H2,1-7H3. The van der Waals surface area contributed by atoms with Gasteiger partial charge in [0.2, 0.25) is 0 Å². The van der Waals surface area contributed by atoms with Gasteiger partial charge in [0.05, 0.1) is 22.3 Å². The SMILES string of the molecule is CCCN(CCC)c1nc(C)c(C2C(C)N=C3C(C(CC)CC)=CC(C)=NN32)s1. The topological polar surface area (TPSA) is 44.1 Å². The first-order chi connectivity index (χ1) is 13.9. The van der Waals surface area contributed by atoms with Crippen molar-refractivity contribution in [3.63, 3.8) is 0 Å². The van der Waals surface area contributed by atoms with Crippen LogP contribution < -0.4 is 4.90 Å². The van der Waals surface area contributed by atoms with Gasteiger partial charge in [0.25, 0.3) is 0 Å². The lowest BCUT2D eigenvalue weighted by Crippen LogP contribution is -2.34. The van der Waals surface area contributed by atoms with Crippen molar-refractivity contribution in [2.24, 2.45) is 16.0 Å². The molecule has 1 aromatic heterocycles. The minimum atomic E-state index is 0.148. The molecule has 2 unspecified atom stereocenters. The number of aromatic nitrogens is 1. The van der Waals surface area contributed by atoms with Crippen molar-refractivity contribution >= 4 is 28.0 Å². The van der Waals surface area contributed by atoms with Gasteiger partial charge in [-0.05, 0) is 58.4 Å². The average molecular weight is 416 g/mol. The second kappa shape index (κ2) is 9.41. The lowest BCUT2D eigenvalue weighted by Gasteiger charge is -2.30. The molecule has 0 spiro atoms. The molecule has 0 aliphatic carbocycles. The van der Waals surface area contributed by atoms with Crippen LogP contribution in [0.1, 0.15) is 83.8 Å². The van der Waals surface area contributed by atoms with E-state index in [-0.39, 0.29) is 12.1 Å². The van der Waals surface area contributed by atoms with Crippen LogP contribution in [0.25, 0.3) is 0 Å². The molecule has 29 heavy (non-hydrogen) atoms. The van der Waals surface area contributed by atoms with Gasteiger partial charge in [-0.3, -0.25) is 4.99 Å². The summed E-state index contributed by atoms with van der Waals surface area (Å²) in [5, 5.41) is 8.27. The van der Waals surface area contributed by atoms with E-state index in [2.05, 4.69) is 64.5 Å². The molecular formula is C23H37N5S. The van der Waals surface area contributed by atoms with Crippen molar-refractivity contribution in [1.29, 1.82) is 0 Å². The highest BCUT2D eigenvalue weighted by Gasteiger charge is 2.41. The molecule has 0 fully saturated rings. The van der Waals surface area contributed by atoms with Gasteiger partial charge in [-0.25, -0.2) is 9.99 Å². The molecule has 160 valence electrons. The lowest BCUT2D eigenvalue weighted by atomic mass is 9.91. The predicted octanol–water partition coefficient (Wildman–Crippen LogP) is 5.97. The monoisotopic (exact) mass is 415 g/mol. The van der Waals surface area contributed by atoms with Crippen LogP contribution in [-0.4, -0.2) is 40.7 Å². The van der Waals surface area contributed by atoms with Gasteiger partial charge < -0.3 is 4.90 Å². The molecule has 0 saturated heterocycles. The summed E-state index contributed by atoms with van der Waals surface area (Å²) >= 11 is 1.84. The fourth-order valence-corrected chi connectivity index (χ4v) is 5.77. The number of anilines is 1. The number of thiazole rings is 1. The van der Waals surface area contributed by atoms with Crippen molar-refractivity contribution in [3.8, 4) is 0 Å². The number of allylic oxidation sites excluding steroid dienone is 1. The number of aliphatic imine (C=N–C) groups is 1. The normalized spacial score (nSPS) is 21.2. The van der Waals surface area contributed by atoms with E-state index in [9.17, 15) is 0 Å². The van der Waals surface area contributed by atoms with Gasteiger partial charge in [-0.15, -0.1) is 0 Å². The smallest absolute Gasteiger partial charge is 0.185 e. The lowest BCUT2D eigenvalue weighted by molar-refractivity contribution is 0.330. The van der Waals surface area contributed by atoms with E-state index in [4.69, 9.17) is 15.1 Å². The Morgan fingerprint density at radius 1 is 1.10 bits per heavy atom. The first kappa shape index (κ1) is 22.0. The van der Waals surface area contributed by atoms with E-state index < -0.39 is 0 Å². The molecule has 2 aliphatic rings. The van der Waals surface area contributed by atoms with Crippen molar-refractivity contribution < 1.29 is 0 Å². The highest BCUT2D eigenvalue weighted by molar-refractivity contribution is 7.15. The Kier molecular flexibility index (Phi) is 7.14. The summed E-state index contributed by atoms with van der Waals surface area (Å²) in [7, 11) is 0. The van der Waals surface area contributed by atoms with Gasteiger partial charge >= 0.3 is 0 Å². The van der Waals surface area contributed by atoms with Gasteiger partial charge in [0.15, 0.2) is 5.13 Å². The first-order valence-electron chi connectivity index (χ1n) is 11.3. The van der Waals surface area contributed by atoms with Crippen molar-refractivity contribution in [2.75, 3.05) is 18.0 Å². The first-order valence-corrected chi connectivity index (χ1v) is 12.1. The number of hydrogen-bond donors (Lipinski definition) is 0. The molecule has 2 atom stereocenters. The zero-order valence-electron chi connectivity index (χ0n) is 19.2. The molecule has 0 aromatic carbocycles. The molecule has 5 nitrogen and oxygen atoms in total. The highest BCUT2D eigenvalue weighted by atomic mass is 32.1. The molecule has 3 heterocycles. The summed E-state index contributed by atoms with van der Waals surface area (Å²) in [5.74, 6) is 1.62. The molecule has 0 N–H and O–H groups in total. The largest absolute Gasteiger partial charge is 0.348 e. The minimum absolute atomic E-state index is 0.148. The van der Waals surface area contributed by atoms with Gasteiger partial charge in [-0.2, -0.15) is 5.10 Å². The third-order valence-electron chi connectivity index (χ3n) is 5.92. The van der Waals surface area contributed by atoms with E-state index in [1.165, 1.54) is 10.5 Å². The maximum Gasteiger partial charge on any atom is 0.185 e. The van der Waals surface area contributed by atoms with Crippen LogP contribution in [0.5, 0.6) is 0 Å². The maximum atomic E-state index is 5.10. The third kappa shape index (κ3) is 4.27. The van der Waals surface area contributed by atoms with Crippen LogP contribution in [0.4, 0.5) is 5.13 Å². The van der Waals surface area contributed by atoms with Gasteiger partial charge in [-0.1, -0.05) is 39.0 Å². The van der Waals surface area contributed by atoms with Crippen molar-refractivity contribution in [3.05, 3.63) is 22.2 Å². The molecule has 0 saturated carbocycles. The van der Waals surface area contributed by atoms with Gasteiger partial charge in [0, 0.05) is 18.7 Å². The minimum Gasteiger partial charge on any atom is -0.348 e. The Labute approximate surface area is 180 Å². The predicted molar refractivity (Wildman–Crippen MR) is 126 cm³/mol. The summed E-state index contributed by atoms with van der Waals surface area (Å²) in [5.41, 5.74) is 3.56. The number of aryl methyl sites for hydroxylation is 1. The summed E-state index contributed by atoms with van der Waals surface area (Å²) in [6, 6.07) is 0.324. The summed E-state index contributed by atoms with van der Waals surface area (Å²) in [6.45, 7) is 17.6. The number of nitrogens with zero attached hydrogens (tertiary/aromatic N) is 5. The Bertz CT molecular complexity index is 796. The highest BCUT2D eigenvalue weighted by Crippen LogP contribution is 2.43. The fourth-order valence-electron chi connectivity index (χ4n) is 4.47. The van der Waals surface area contributed by atoms with Crippen LogP contribution in [0, 0.1) is 12.8 Å². The van der Waals surface area contributed by atoms with Crippen LogP contribution in [0.2, 0.25) is 0 Å². The number of hydrogen-bond acceptors (Lipinski definition) is 6. The maximum absolute atomic E-state index is 5.10. The molecule has 6 heteroatoms. The molecule has 3 rings (SSSR count). The zero-order chi connectivity index (χ0) is 21.1. The van der Waals surface area contributed by atoms with E-state index in [0.29, 0.717) is 5.92 Å². The number of hydrazone groups is 1. The molecule has 0 amide bonds. The second-order valence-electron chi connectivity index (χ2n) is 8.27. The summed E-state index contributed by atoms with van der Waals surface area (Å²) in [6.07, 6.45) is 6.79. The van der Waals surface area contributed by atoms with E-state index in [1.807, 2.05) is 11.3 Å². The van der Waals surface area contributed by atoms with Crippen LogP contribution in [0.15, 0.2) is 21.7 Å². The molecule has 0 radical (unpaired) electrons. The molecule has 0 bridgehead atoms. The average Bonchev–Trinajstić information content (AvgIpc) is 3.21. The van der Waals surface area contributed by atoms with E-state index in [0.717, 1.165) is 61.1 Å². The van der Waals surface area contributed by atoms with Crippen LogP contribution >= 0.6 is 11.3 Å². The molecule has 2 aliphatic heterocycles. The summed E-state index contributed by atoms with van der Waals surface area (Å²) in [4.78, 5) is 13.8. The fraction of sp³-hybridized carbons (Fsp3) is 0.696. The Morgan fingerprint density at radius 2 is 1.76 bits per heavy atom. The Hall–Kier alpha value is -1.69. The number of fused-ring (bicyclic) bond motifs is 1. The molecule has 1 aromatic rings. The van der Waals surface area contributed by atoms with Crippen LogP contribution in [-0.2, 0) is 0 Å². The Balaban J connectivity index is 1.95. The Morgan fingerprint density at radius 3 is 2.34 bits per heavy atom. The van der Waals surface area contributed by atoms with Crippen molar-refractivity contribution in [2.45, 2.75) is 86.2 Å². The van der Waals surface area contributed by atoms with Gasteiger partial charge in [0.1, 0.15) is 11.9 Å². The van der Waals surface area contributed by atoms with Crippen molar-refractivity contribution in [1.82, 2.24) is 9.99 Å². The van der Waals surface area contributed by atoms with Crippen LogP contribution in [0.3, 0.4) is 0 Å². The van der Waals surface area contributed by atoms with E-state index >= 15 is 0 Å². The zero-order valence-corrected chi connectivity index (χ0v) is 20.0. The molecular weight excluding hydrogens is 378 g/mol. The quantitative estimate of drug-likeness (QED) is 0.499.